The minimum Gasteiger partial charge on any atom is -0.337 e. The largest absolute Gasteiger partial charge is 0.416 e. The van der Waals surface area contributed by atoms with Crippen molar-refractivity contribution in [3.05, 3.63) is 35.1 Å². The van der Waals surface area contributed by atoms with Crippen LogP contribution in [0.15, 0.2) is 18.2 Å². The number of hydrogen-bond donors (Lipinski definition) is 1. The van der Waals surface area contributed by atoms with E-state index in [1.54, 1.807) is 0 Å². The van der Waals surface area contributed by atoms with Gasteiger partial charge in [-0.25, -0.2) is 4.39 Å². The van der Waals surface area contributed by atoms with Gasteiger partial charge in [0.15, 0.2) is 0 Å². The van der Waals surface area contributed by atoms with Gasteiger partial charge >= 0.3 is 6.18 Å². The SMILES string of the molecule is Cl.O=C(c1cc(F)cc(C(F)(F)F)c1)N1CCCNCC1. The van der Waals surface area contributed by atoms with Gasteiger partial charge in [-0.2, -0.15) is 13.2 Å². The van der Waals surface area contributed by atoms with Gasteiger partial charge in [0.25, 0.3) is 5.91 Å². The maximum Gasteiger partial charge on any atom is 0.416 e. The van der Waals surface area contributed by atoms with Crippen LogP contribution in [0.5, 0.6) is 0 Å². The number of hydrogen-bond acceptors (Lipinski definition) is 2. The molecule has 21 heavy (non-hydrogen) atoms. The number of benzene rings is 1. The van der Waals surface area contributed by atoms with Gasteiger partial charge in [-0.3, -0.25) is 4.79 Å². The molecule has 2 rings (SSSR count). The number of amides is 1. The summed E-state index contributed by atoms with van der Waals surface area (Å²) in [7, 11) is 0. The van der Waals surface area contributed by atoms with Crippen LogP contribution in [0.25, 0.3) is 0 Å². The zero-order chi connectivity index (χ0) is 14.8. The van der Waals surface area contributed by atoms with Crippen molar-refractivity contribution in [2.75, 3.05) is 26.2 Å². The summed E-state index contributed by atoms with van der Waals surface area (Å²) in [6, 6.07) is 1.93. The molecule has 0 radical (unpaired) electrons. The number of nitrogens with zero attached hydrogens (tertiary/aromatic N) is 1. The van der Waals surface area contributed by atoms with Gasteiger partial charge in [-0.15, -0.1) is 12.4 Å². The molecule has 0 unspecified atom stereocenters. The molecule has 1 aromatic rings. The number of rotatable bonds is 1. The second-order valence-electron chi connectivity index (χ2n) is 4.62. The van der Waals surface area contributed by atoms with Crippen LogP contribution >= 0.6 is 12.4 Å². The zero-order valence-corrected chi connectivity index (χ0v) is 11.9. The van der Waals surface area contributed by atoms with Crippen molar-refractivity contribution in [1.82, 2.24) is 10.2 Å². The molecule has 0 saturated carbocycles. The molecule has 1 heterocycles. The van der Waals surface area contributed by atoms with E-state index in [2.05, 4.69) is 5.32 Å². The predicted molar refractivity (Wildman–Crippen MR) is 72.0 cm³/mol. The molecule has 1 aromatic carbocycles. The molecule has 0 atom stereocenters. The van der Waals surface area contributed by atoms with Crippen molar-refractivity contribution in [2.24, 2.45) is 0 Å². The lowest BCUT2D eigenvalue weighted by Crippen LogP contribution is -2.34. The Labute approximate surface area is 125 Å². The number of alkyl halides is 3. The van der Waals surface area contributed by atoms with E-state index in [4.69, 9.17) is 0 Å². The molecular weight excluding hydrogens is 312 g/mol. The quantitative estimate of drug-likeness (QED) is 0.805. The Morgan fingerprint density at radius 1 is 1.14 bits per heavy atom. The maximum absolute atomic E-state index is 13.3. The molecule has 0 aromatic heterocycles. The molecule has 8 heteroatoms. The van der Waals surface area contributed by atoms with Crippen molar-refractivity contribution in [3.8, 4) is 0 Å². The van der Waals surface area contributed by atoms with Crippen LogP contribution in [-0.2, 0) is 6.18 Å². The van der Waals surface area contributed by atoms with Crippen LogP contribution in [0.3, 0.4) is 0 Å². The highest BCUT2D eigenvalue weighted by molar-refractivity contribution is 5.94. The Bertz CT molecular complexity index is 499. The van der Waals surface area contributed by atoms with E-state index in [1.165, 1.54) is 4.90 Å². The first-order chi connectivity index (χ1) is 9.38. The number of carbonyl (C=O) groups excluding carboxylic acids is 1. The van der Waals surface area contributed by atoms with Crippen molar-refractivity contribution in [2.45, 2.75) is 12.6 Å². The van der Waals surface area contributed by atoms with Gasteiger partial charge < -0.3 is 10.2 Å². The van der Waals surface area contributed by atoms with Crippen molar-refractivity contribution >= 4 is 18.3 Å². The third-order valence-electron chi connectivity index (χ3n) is 3.10. The standard InChI is InChI=1S/C13H14F4N2O.ClH/c14-11-7-9(6-10(8-11)13(15,16)17)12(20)19-4-1-2-18-3-5-19;/h6-8,18H,1-5H2;1H. The molecule has 1 N–H and O–H groups in total. The van der Waals surface area contributed by atoms with Gasteiger partial charge in [0.2, 0.25) is 0 Å². The Balaban J connectivity index is 0.00000220. The fourth-order valence-electron chi connectivity index (χ4n) is 2.11. The summed E-state index contributed by atoms with van der Waals surface area (Å²) in [5.41, 5.74) is -1.41. The summed E-state index contributed by atoms with van der Waals surface area (Å²) in [6.07, 6.45) is -3.95. The van der Waals surface area contributed by atoms with Gasteiger partial charge in [-0.1, -0.05) is 0 Å². The van der Waals surface area contributed by atoms with E-state index in [0.29, 0.717) is 38.2 Å². The number of nitrogens with one attached hydrogen (secondary N) is 1. The number of halogens is 5. The first kappa shape index (κ1) is 17.7. The minimum atomic E-state index is -4.67. The summed E-state index contributed by atoms with van der Waals surface area (Å²) in [5.74, 6) is -1.63. The molecule has 0 bridgehead atoms. The monoisotopic (exact) mass is 326 g/mol. The summed E-state index contributed by atoms with van der Waals surface area (Å²) in [4.78, 5) is 13.6. The molecule has 118 valence electrons. The Morgan fingerprint density at radius 3 is 2.52 bits per heavy atom. The minimum absolute atomic E-state index is 0. The second kappa shape index (κ2) is 7.09. The van der Waals surface area contributed by atoms with E-state index in [1.807, 2.05) is 0 Å². The molecule has 1 aliphatic heterocycles. The highest BCUT2D eigenvalue weighted by Gasteiger charge is 2.32. The molecule has 0 aliphatic carbocycles. The third-order valence-corrected chi connectivity index (χ3v) is 3.10. The van der Waals surface area contributed by atoms with Gasteiger partial charge in [-0.05, 0) is 31.2 Å². The lowest BCUT2D eigenvalue weighted by molar-refractivity contribution is -0.137. The van der Waals surface area contributed by atoms with Gasteiger partial charge in [0.1, 0.15) is 5.82 Å². The van der Waals surface area contributed by atoms with E-state index < -0.39 is 23.5 Å². The molecule has 3 nitrogen and oxygen atoms in total. The molecule has 0 spiro atoms. The van der Waals surface area contributed by atoms with Crippen LogP contribution in [0.1, 0.15) is 22.3 Å². The van der Waals surface area contributed by atoms with E-state index in [0.717, 1.165) is 12.6 Å². The highest BCUT2D eigenvalue weighted by Crippen LogP contribution is 2.30. The predicted octanol–water partition coefficient (Wildman–Crippen LogP) is 2.70. The van der Waals surface area contributed by atoms with Gasteiger partial charge in [0.05, 0.1) is 5.56 Å². The topological polar surface area (TPSA) is 32.3 Å². The fourth-order valence-corrected chi connectivity index (χ4v) is 2.11. The number of carbonyl (C=O) groups is 1. The van der Waals surface area contributed by atoms with E-state index in [9.17, 15) is 22.4 Å². The first-order valence-corrected chi connectivity index (χ1v) is 6.26. The summed E-state index contributed by atoms with van der Waals surface area (Å²) in [6.45, 7) is 2.17. The van der Waals surface area contributed by atoms with Crippen LogP contribution in [-0.4, -0.2) is 37.0 Å². The van der Waals surface area contributed by atoms with Crippen molar-refractivity contribution in [3.63, 3.8) is 0 Å². The Kier molecular flexibility index (Phi) is 5.98. The fraction of sp³-hybridized carbons (Fsp3) is 0.462. The normalized spacial score (nSPS) is 16.1. The Morgan fingerprint density at radius 2 is 1.86 bits per heavy atom. The molecule has 1 fully saturated rings. The van der Waals surface area contributed by atoms with Crippen LogP contribution < -0.4 is 5.32 Å². The lowest BCUT2D eigenvalue weighted by Gasteiger charge is -2.20. The van der Waals surface area contributed by atoms with Crippen LogP contribution in [0.4, 0.5) is 17.6 Å². The van der Waals surface area contributed by atoms with Crippen molar-refractivity contribution in [1.29, 1.82) is 0 Å². The summed E-state index contributed by atoms with van der Waals surface area (Å²) >= 11 is 0. The van der Waals surface area contributed by atoms with E-state index in [-0.39, 0.29) is 18.0 Å². The molecule has 1 amide bonds. The lowest BCUT2D eigenvalue weighted by atomic mass is 10.1. The summed E-state index contributed by atoms with van der Waals surface area (Å²) in [5, 5.41) is 3.08. The maximum atomic E-state index is 13.3. The molecule has 1 aliphatic rings. The van der Waals surface area contributed by atoms with E-state index >= 15 is 0 Å². The van der Waals surface area contributed by atoms with Crippen LogP contribution in [0.2, 0.25) is 0 Å². The molecule has 1 saturated heterocycles. The smallest absolute Gasteiger partial charge is 0.337 e. The van der Waals surface area contributed by atoms with Gasteiger partial charge in [0, 0.05) is 25.2 Å². The average molecular weight is 327 g/mol. The second-order valence-corrected chi connectivity index (χ2v) is 4.62. The Hall–Kier alpha value is -1.34. The zero-order valence-electron chi connectivity index (χ0n) is 11.0. The highest BCUT2D eigenvalue weighted by atomic mass is 35.5. The van der Waals surface area contributed by atoms with Crippen LogP contribution in [0, 0.1) is 5.82 Å². The summed E-state index contributed by atoms with van der Waals surface area (Å²) < 4.78 is 51.1. The van der Waals surface area contributed by atoms with Crippen molar-refractivity contribution < 1.29 is 22.4 Å². The molecular formula is C13H15ClF4N2O. The average Bonchev–Trinajstić information content (AvgIpc) is 2.65. The third kappa shape index (κ3) is 4.57. The first-order valence-electron chi connectivity index (χ1n) is 6.26.